The van der Waals surface area contributed by atoms with Gasteiger partial charge in [-0.05, 0) is 69.7 Å². The molecule has 2 aromatic heterocycles. The summed E-state index contributed by atoms with van der Waals surface area (Å²) in [5.41, 5.74) is 7.92. The van der Waals surface area contributed by atoms with Crippen LogP contribution in [0.15, 0.2) is 47.4 Å². The fraction of sp³-hybridized carbons (Fsp3) is 0.481. The van der Waals surface area contributed by atoms with Crippen LogP contribution >= 0.6 is 0 Å². The number of likely N-dealkylation sites (tertiary alicyclic amines) is 1. The maximum atomic E-state index is 13.4. The number of aryl methyl sites for hydroxylation is 1. The van der Waals surface area contributed by atoms with Gasteiger partial charge in [0.2, 0.25) is 0 Å². The second-order valence-corrected chi connectivity index (χ2v) is 9.57. The summed E-state index contributed by atoms with van der Waals surface area (Å²) in [6, 6.07) is 13.2. The van der Waals surface area contributed by atoms with Crippen molar-refractivity contribution in [3.8, 4) is 0 Å². The van der Waals surface area contributed by atoms with E-state index in [1.54, 1.807) is 12.3 Å². The van der Waals surface area contributed by atoms with Crippen LogP contribution in [-0.2, 0) is 13.0 Å². The van der Waals surface area contributed by atoms with Crippen LogP contribution < -0.4 is 11.3 Å². The number of pyridine rings is 1. The third-order valence-corrected chi connectivity index (χ3v) is 7.08. The minimum atomic E-state index is -0.175. The zero-order valence-corrected chi connectivity index (χ0v) is 20.3. The van der Waals surface area contributed by atoms with Crippen LogP contribution in [0.4, 0.5) is 0 Å². The summed E-state index contributed by atoms with van der Waals surface area (Å²) >= 11 is 0. The van der Waals surface area contributed by atoms with E-state index in [1.807, 2.05) is 28.8 Å². The smallest absolute Gasteiger partial charge is 0.254 e. The largest absolute Gasteiger partial charge is 0.381 e. The molecule has 0 saturated carbocycles. The number of hydrogen-bond donors (Lipinski definition) is 2. The average molecular weight is 461 g/mol. The molecule has 0 aliphatic carbocycles. The van der Waals surface area contributed by atoms with Gasteiger partial charge < -0.3 is 10.3 Å². The number of para-hydroxylation sites is 1. The van der Waals surface area contributed by atoms with Crippen LogP contribution in [0.25, 0.3) is 10.9 Å². The lowest BCUT2D eigenvalue weighted by atomic mass is 9.97. The highest BCUT2D eigenvalue weighted by molar-refractivity contribution is 5.91. The summed E-state index contributed by atoms with van der Waals surface area (Å²) < 4.78 is 1.92. The molecular weight excluding hydrogens is 424 g/mol. The number of fused-ring (bicyclic) bond motifs is 1. The lowest BCUT2D eigenvalue weighted by Crippen LogP contribution is -2.44. The van der Waals surface area contributed by atoms with E-state index in [4.69, 9.17) is 11.1 Å². The number of nitrogens with two attached hydrogens (primary N) is 1. The van der Waals surface area contributed by atoms with Crippen molar-refractivity contribution in [1.82, 2.24) is 19.4 Å². The third kappa shape index (κ3) is 5.53. The fourth-order valence-corrected chi connectivity index (χ4v) is 5.21. The highest BCUT2D eigenvalue weighted by atomic mass is 16.1. The van der Waals surface area contributed by atoms with Gasteiger partial charge in [-0.15, -0.1) is 0 Å². The molecule has 4 rings (SSSR count). The molecule has 2 atom stereocenters. The molecule has 0 unspecified atom stereocenters. The maximum absolute atomic E-state index is 13.4. The number of benzene rings is 1. The van der Waals surface area contributed by atoms with Crippen molar-refractivity contribution in [2.75, 3.05) is 6.54 Å². The molecule has 0 spiro atoms. The van der Waals surface area contributed by atoms with E-state index < -0.39 is 0 Å². The Balaban J connectivity index is 1.47. The van der Waals surface area contributed by atoms with E-state index in [2.05, 4.69) is 34.8 Å². The van der Waals surface area contributed by atoms with Gasteiger partial charge in [0.25, 0.3) is 5.56 Å². The Bertz CT molecular complexity index is 1190. The minimum absolute atomic E-state index is 0.0277. The summed E-state index contributed by atoms with van der Waals surface area (Å²) in [5, 5.41) is 8.63. The predicted octanol–water partition coefficient (Wildman–Crippen LogP) is 4.10. The highest BCUT2D eigenvalue weighted by Crippen LogP contribution is 2.23. The molecule has 34 heavy (non-hydrogen) atoms. The normalized spacial score (nSPS) is 18.9. The standard InChI is InChI=1S/C27H36N6O/c1-19-9-8-10-20(2)32(19)15-6-3-7-16-33-24-12-5-4-11-21(24)17-22(27(33)34)18-23-13-14-30-26(31-23)25(28)29/h4-5,11-14,17,19-20H,3,6-10,15-16,18H2,1-2H3,(H3,28,29)/t19-,20+. The summed E-state index contributed by atoms with van der Waals surface area (Å²) in [6.45, 7) is 6.55. The van der Waals surface area contributed by atoms with E-state index in [9.17, 15) is 4.79 Å². The van der Waals surface area contributed by atoms with Gasteiger partial charge in [-0.3, -0.25) is 15.1 Å². The molecule has 1 fully saturated rings. The molecule has 1 aliphatic heterocycles. The summed E-state index contributed by atoms with van der Waals surface area (Å²) in [6.07, 6.45) is 9.17. The van der Waals surface area contributed by atoms with E-state index >= 15 is 0 Å². The molecular formula is C27H36N6O. The van der Waals surface area contributed by atoms with E-state index in [0.717, 1.165) is 36.7 Å². The van der Waals surface area contributed by atoms with Gasteiger partial charge in [0, 0.05) is 42.5 Å². The van der Waals surface area contributed by atoms with Crippen LogP contribution in [0, 0.1) is 5.41 Å². The fourth-order valence-electron chi connectivity index (χ4n) is 5.21. The van der Waals surface area contributed by atoms with Crippen LogP contribution in [0.2, 0.25) is 0 Å². The molecule has 3 heterocycles. The summed E-state index contributed by atoms with van der Waals surface area (Å²) in [5.74, 6) is 0.0158. The Labute approximate surface area is 201 Å². The van der Waals surface area contributed by atoms with Crippen LogP contribution in [0.3, 0.4) is 0 Å². The van der Waals surface area contributed by atoms with Gasteiger partial charge >= 0.3 is 0 Å². The Morgan fingerprint density at radius 2 is 1.82 bits per heavy atom. The van der Waals surface area contributed by atoms with Gasteiger partial charge in [0.1, 0.15) is 0 Å². The molecule has 1 aromatic carbocycles. The molecule has 1 saturated heterocycles. The molecule has 7 nitrogen and oxygen atoms in total. The van der Waals surface area contributed by atoms with Gasteiger partial charge in [-0.2, -0.15) is 0 Å². The number of aromatic nitrogens is 3. The number of nitrogens with zero attached hydrogens (tertiary/aromatic N) is 4. The number of piperidine rings is 1. The number of rotatable bonds is 9. The average Bonchev–Trinajstić information content (AvgIpc) is 2.82. The number of nitrogens with one attached hydrogen (secondary N) is 1. The molecule has 180 valence electrons. The zero-order chi connectivity index (χ0) is 24.1. The summed E-state index contributed by atoms with van der Waals surface area (Å²) in [7, 11) is 0. The molecule has 1 aliphatic rings. The zero-order valence-electron chi connectivity index (χ0n) is 20.3. The first-order valence-electron chi connectivity index (χ1n) is 12.5. The third-order valence-electron chi connectivity index (χ3n) is 7.08. The van der Waals surface area contributed by atoms with Gasteiger partial charge in [0.05, 0.1) is 5.52 Å². The highest BCUT2D eigenvalue weighted by Gasteiger charge is 2.23. The number of unbranched alkanes of at least 4 members (excludes halogenated alkanes) is 2. The van der Waals surface area contributed by atoms with Crippen molar-refractivity contribution in [3.05, 3.63) is 70.0 Å². The Kier molecular flexibility index (Phi) is 7.73. The molecule has 3 aromatic rings. The lowest BCUT2D eigenvalue weighted by molar-refractivity contribution is 0.101. The minimum Gasteiger partial charge on any atom is -0.381 e. The number of nitrogen functional groups attached to an aromatic ring is 1. The number of hydrogen-bond acceptors (Lipinski definition) is 5. The Morgan fingerprint density at radius 3 is 2.59 bits per heavy atom. The molecule has 7 heteroatoms. The second kappa shape index (κ2) is 10.9. The quantitative estimate of drug-likeness (QED) is 0.284. The maximum Gasteiger partial charge on any atom is 0.254 e. The van der Waals surface area contributed by atoms with Crippen LogP contribution in [0.1, 0.15) is 69.5 Å². The molecule has 0 radical (unpaired) electrons. The van der Waals surface area contributed by atoms with Crippen molar-refractivity contribution in [2.45, 2.75) is 77.4 Å². The van der Waals surface area contributed by atoms with Crippen LogP contribution in [-0.4, -0.2) is 43.9 Å². The van der Waals surface area contributed by atoms with Gasteiger partial charge in [-0.1, -0.05) is 31.0 Å². The van der Waals surface area contributed by atoms with E-state index in [-0.39, 0.29) is 17.2 Å². The Hall–Kier alpha value is -3.06. The van der Waals surface area contributed by atoms with Crippen molar-refractivity contribution in [3.63, 3.8) is 0 Å². The second-order valence-electron chi connectivity index (χ2n) is 9.57. The predicted molar refractivity (Wildman–Crippen MR) is 137 cm³/mol. The monoisotopic (exact) mass is 460 g/mol. The number of amidine groups is 1. The van der Waals surface area contributed by atoms with Crippen molar-refractivity contribution >= 4 is 16.7 Å². The van der Waals surface area contributed by atoms with Crippen molar-refractivity contribution < 1.29 is 0 Å². The first-order chi connectivity index (χ1) is 16.4. The van der Waals surface area contributed by atoms with E-state index in [1.165, 1.54) is 19.3 Å². The Morgan fingerprint density at radius 1 is 1.09 bits per heavy atom. The van der Waals surface area contributed by atoms with Gasteiger partial charge in [-0.25, -0.2) is 9.97 Å². The van der Waals surface area contributed by atoms with E-state index in [0.29, 0.717) is 36.3 Å². The molecule has 0 bridgehead atoms. The first kappa shape index (κ1) is 24.1. The SMILES string of the molecule is C[C@@H]1CCC[C@H](C)N1CCCCCn1c(=O)c(Cc2ccnc(C(=N)N)n2)cc2ccccc21. The van der Waals surface area contributed by atoms with Crippen molar-refractivity contribution in [1.29, 1.82) is 5.41 Å². The lowest BCUT2D eigenvalue weighted by Gasteiger charge is -2.39. The first-order valence-corrected chi connectivity index (χ1v) is 12.5. The van der Waals surface area contributed by atoms with Crippen molar-refractivity contribution in [2.24, 2.45) is 5.73 Å². The van der Waals surface area contributed by atoms with Gasteiger partial charge in [0.15, 0.2) is 11.7 Å². The molecule has 0 amide bonds. The topological polar surface area (TPSA) is 101 Å². The molecule has 3 N–H and O–H groups in total. The summed E-state index contributed by atoms with van der Waals surface area (Å²) in [4.78, 5) is 24.5. The van der Waals surface area contributed by atoms with Crippen LogP contribution in [0.5, 0.6) is 0 Å².